The van der Waals surface area contributed by atoms with E-state index in [2.05, 4.69) is 0 Å². The molecular formula is C23H28N2O3S. The van der Waals surface area contributed by atoms with Crippen molar-refractivity contribution in [2.24, 2.45) is 0 Å². The van der Waals surface area contributed by atoms with Crippen molar-refractivity contribution in [3.63, 3.8) is 0 Å². The third-order valence-electron chi connectivity index (χ3n) is 5.04. The van der Waals surface area contributed by atoms with E-state index < -0.39 is 11.4 Å². The molecule has 0 aliphatic carbocycles. The molecule has 1 aliphatic rings. The quantitative estimate of drug-likeness (QED) is 0.785. The molecule has 3 rings (SSSR count). The summed E-state index contributed by atoms with van der Waals surface area (Å²) in [5.74, 6) is 0.486. The van der Waals surface area contributed by atoms with Gasteiger partial charge >= 0.3 is 0 Å². The zero-order valence-corrected chi connectivity index (χ0v) is 18.1. The molecule has 1 aliphatic heterocycles. The van der Waals surface area contributed by atoms with Crippen molar-refractivity contribution < 1.29 is 14.6 Å². The number of nitrogens with zero attached hydrogens (tertiary/aromatic N) is 2. The molecule has 0 bridgehead atoms. The highest BCUT2D eigenvalue weighted by molar-refractivity contribution is 8.08. The van der Waals surface area contributed by atoms with E-state index >= 15 is 0 Å². The number of ether oxygens (including phenoxy) is 1. The molecule has 0 aromatic heterocycles. The van der Waals surface area contributed by atoms with Crippen LogP contribution in [0.3, 0.4) is 0 Å². The van der Waals surface area contributed by atoms with E-state index in [1.165, 1.54) is 0 Å². The van der Waals surface area contributed by atoms with Crippen molar-refractivity contribution >= 4 is 22.6 Å². The van der Waals surface area contributed by atoms with E-state index in [1.807, 2.05) is 80.5 Å². The molecule has 1 N–H and O–H groups in total. The number of aliphatic hydroxyl groups is 1. The van der Waals surface area contributed by atoms with Crippen LogP contribution < -0.4 is 4.74 Å². The second-order valence-corrected chi connectivity index (χ2v) is 8.48. The molecule has 1 amide bonds. The monoisotopic (exact) mass is 412 g/mol. The van der Waals surface area contributed by atoms with Gasteiger partial charge in [0, 0.05) is 23.7 Å². The lowest BCUT2D eigenvalue weighted by atomic mass is 10.1. The van der Waals surface area contributed by atoms with Crippen molar-refractivity contribution in [1.29, 1.82) is 0 Å². The zero-order chi connectivity index (χ0) is 21.0. The third-order valence-corrected chi connectivity index (χ3v) is 6.59. The summed E-state index contributed by atoms with van der Waals surface area (Å²) in [7, 11) is 5.57. The number of aliphatic hydroxyl groups excluding tert-OH is 1. The lowest BCUT2D eigenvalue weighted by Gasteiger charge is -2.27. The van der Waals surface area contributed by atoms with Crippen LogP contribution >= 0.6 is 11.8 Å². The van der Waals surface area contributed by atoms with Gasteiger partial charge in [-0.05, 0) is 44.3 Å². The lowest BCUT2D eigenvalue weighted by Crippen LogP contribution is -2.42. The molecule has 2 unspecified atom stereocenters. The summed E-state index contributed by atoms with van der Waals surface area (Å²) in [6.45, 7) is 3.21. The number of carbonyl (C=O) groups excluding carboxylic acids is 1. The van der Waals surface area contributed by atoms with Gasteiger partial charge in [0.15, 0.2) is 0 Å². The van der Waals surface area contributed by atoms with Crippen LogP contribution in [0, 0.1) is 0 Å². The molecule has 6 heteroatoms. The van der Waals surface area contributed by atoms with Gasteiger partial charge in [-0.15, -0.1) is 11.8 Å². The molecule has 5 nitrogen and oxygen atoms in total. The van der Waals surface area contributed by atoms with E-state index in [1.54, 1.807) is 23.8 Å². The van der Waals surface area contributed by atoms with Crippen molar-refractivity contribution in [2.45, 2.75) is 18.3 Å². The predicted molar refractivity (Wildman–Crippen MR) is 119 cm³/mol. The Bertz CT molecular complexity index is 865. The van der Waals surface area contributed by atoms with E-state index in [0.29, 0.717) is 6.54 Å². The van der Waals surface area contributed by atoms with Crippen LogP contribution in [-0.4, -0.2) is 61.2 Å². The molecule has 0 spiro atoms. The van der Waals surface area contributed by atoms with Gasteiger partial charge in [-0.1, -0.05) is 42.5 Å². The van der Waals surface area contributed by atoms with Crippen molar-refractivity contribution in [2.75, 3.05) is 34.3 Å². The van der Waals surface area contributed by atoms with Crippen LogP contribution in [0.25, 0.3) is 4.91 Å². The van der Waals surface area contributed by atoms with Gasteiger partial charge in [0.05, 0.1) is 12.4 Å². The van der Waals surface area contributed by atoms with Crippen LogP contribution in [0.5, 0.6) is 5.75 Å². The standard InChI is InChI=1S/C23H28N2O3S/c1-16-21(17-8-6-5-7-9-17)29-22(18-10-12-19(28-4)13-11-18)20(26)23(27)25(16)15-14-24(2)3/h5-13,20,22,26H,14-15H2,1-4H3. The first-order chi connectivity index (χ1) is 13.9. The van der Waals surface area contributed by atoms with E-state index in [0.717, 1.165) is 34.0 Å². The minimum absolute atomic E-state index is 0.261. The molecule has 0 radical (unpaired) electrons. The zero-order valence-electron chi connectivity index (χ0n) is 17.3. The number of amides is 1. The summed E-state index contributed by atoms with van der Waals surface area (Å²) < 4.78 is 5.25. The van der Waals surface area contributed by atoms with E-state index in [9.17, 15) is 9.90 Å². The maximum absolute atomic E-state index is 13.2. The smallest absolute Gasteiger partial charge is 0.257 e. The highest BCUT2D eigenvalue weighted by Gasteiger charge is 2.37. The molecule has 0 fully saturated rings. The average molecular weight is 413 g/mol. The molecule has 0 saturated heterocycles. The number of rotatable bonds is 6. The molecule has 0 saturated carbocycles. The number of thioether (sulfide) groups is 1. The Morgan fingerprint density at radius 2 is 1.76 bits per heavy atom. The average Bonchev–Trinajstić information content (AvgIpc) is 2.82. The number of hydrogen-bond donors (Lipinski definition) is 1. The Morgan fingerprint density at radius 1 is 1.10 bits per heavy atom. The number of likely N-dealkylation sites (N-methyl/N-ethyl adjacent to an activating group) is 1. The Balaban J connectivity index is 2.04. The summed E-state index contributed by atoms with van der Waals surface area (Å²) in [5, 5.41) is 10.6. The third kappa shape index (κ3) is 4.83. The van der Waals surface area contributed by atoms with Crippen LogP contribution in [0.15, 0.2) is 60.3 Å². The van der Waals surface area contributed by atoms with E-state index in [-0.39, 0.29) is 5.91 Å². The first-order valence-electron chi connectivity index (χ1n) is 9.63. The SMILES string of the molecule is COc1ccc(C2SC(c3ccccc3)=C(C)N(CCN(C)C)C(=O)C2O)cc1. The van der Waals surface area contributed by atoms with Gasteiger partial charge in [-0.25, -0.2) is 0 Å². The molecule has 2 atom stereocenters. The number of carbonyl (C=O) groups is 1. The first kappa shape index (κ1) is 21.4. The topological polar surface area (TPSA) is 53.0 Å². The maximum atomic E-state index is 13.2. The highest BCUT2D eigenvalue weighted by Crippen LogP contribution is 2.47. The van der Waals surface area contributed by atoms with Gasteiger partial charge in [0.1, 0.15) is 11.9 Å². The summed E-state index contributed by atoms with van der Waals surface area (Å²) in [4.78, 5) is 18.0. The predicted octanol–water partition coefficient (Wildman–Crippen LogP) is 3.62. The Labute approximate surface area is 177 Å². The molecule has 29 heavy (non-hydrogen) atoms. The molecule has 154 valence electrons. The summed E-state index contributed by atoms with van der Waals surface area (Å²) >= 11 is 1.54. The molecule has 2 aromatic rings. The number of methoxy groups -OCH3 is 1. The minimum atomic E-state index is -1.13. The normalized spacial score (nSPS) is 20.2. The van der Waals surface area contributed by atoms with Crippen molar-refractivity contribution in [3.8, 4) is 5.75 Å². The van der Waals surface area contributed by atoms with Gasteiger partial charge in [0.25, 0.3) is 5.91 Å². The highest BCUT2D eigenvalue weighted by atomic mass is 32.2. The Hall–Kier alpha value is -2.28. The number of allylic oxidation sites excluding steroid dienone is 1. The van der Waals surface area contributed by atoms with Crippen LogP contribution in [0.2, 0.25) is 0 Å². The van der Waals surface area contributed by atoms with E-state index in [4.69, 9.17) is 4.74 Å². The first-order valence-corrected chi connectivity index (χ1v) is 10.5. The fraction of sp³-hybridized carbons (Fsp3) is 0.348. The van der Waals surface area contributed by atoms with Gasteiger partial charge in [-0.2, -0.15) is 0 Å². The van der Waals surface area contributed by atoms with Crippen LogP contribution in [-0.2, 0) is 4.79 Å². The van der Waals surface area contributed by atoms with Crippen molar-refractivity contribution in [3.05, 3.63) is 71.4 Å². The fourth-order valence-electron chi connectivity index (χ4n) is 3.34. The van der Waals surface area contributed by atoms with Gasteiger partial charge in [-0.3, -0.25) is 4.79 Å². The van der Waals surface area contributed by atoms with Crippen LogP contribution in [0.1, 0.15) is 23.3 Å². The van der Waals surface area contributed by atoms with Gasteiger partial charge in [0.2, 0.25) is 0 Å². The summed E-state index contributed by atoms with van der Waals surface area (Å²) in [6, 6.07) is 17.6. The molecule has 1 heterocycles. The minimum Gasteiger partial charge on any atom is -0.497 e. The van der Waals surface area contributed by atoms with Gasteiger partial charge < -0.3 is 19.6 Å². The lowest BCUT2D eigenvalue weighted by molar-refractivity contribution is -0.138. The Kier molecular flexibility index (Phi) is 7.00. The maximum Gasteiger partial charge on any atom is 0.257 e. The summed E-state index contributed by atoms with van der Waals surface area (Å²) in [6.07, 6.45) is -1.13. The fourth-order valence-corrected chi connectivity index (χ4v) is 4.69. The molecule has 2 aromatic carbocycles. The second kappa shape index (κ2) is 9.48. The van der Waals surface area contributed by atoms with Crippen molar-refractivity contribution in [1.82, 2.24) is 9.80 Å². The molecular weight excluding hydrogens is 384 g/mol. The number of benzene rings is 2. The number of hydrogen-bond acceptors (Lipinski definition) is 5. The Morgan fingerprint density at radius 3 is 2.34 bits per heavy atom. The largest absolute Gasteiger partial charge is 0.497 e. The summed E-state index contributed by atoms with van der Waals surface area (Å²) in [5.41, 5.74) is 2.82. The van der Waals surface area contributed by atoms with Crippen LogP contribution in [0.4, 0.5) is 0 Å². The second-order valence-electron chi connectivity index (χ2n) is 7.33.